The van der Waals surface area contributed by atoms with Gasteiger partial charge >= 0.3 is 11.9 Å². The molecule has 0 aliphatic rings. The summed E-state index contributed by atoms with van der Waals surface area (Å²) < 4.78 is 4.68. The number of esters is 1. The number of carboxylic acid groups (broad SMARTS) is 1. The molecule has 0 unspecified atom stereocenters. The molecule has 19 heavy (non-hydrogen) atoms. The van der Waals surface area contributed by atoms with E-state index in [1.165, 1.54) is 32.1 Å². The number of carbonyl (C=O) groups excluding carboxylic acids is 1. The van der Waals surface area contributed by atoms with Gasteiger partial charge in [0, 0.05) is 19.3 Å². The Morgan fingerprint density at radius 2 is 1.68 bits per heavy atom. The second kappa shape index (κ2) is 12.9. The molecule has 0 bridgehead atoms. The van der Waals surface area contributed by atoms with Crippen LogP contribution in [0.3, 0.4) is 0 Å². The summed E-state index contributed by atoms with van der Waals surface area (Å²) in [5, 5.41) is 8.40. The minimum absolute atomic E-state index is 0.0136. The highest BCUT2D eigenvalue weighted by Crippen LogP contribution is 2.06. The predicted octanol–water partition coefficient (Wildman–Crippen LogP) is 3.50. The van der Waals surface area contributed by atoms with E-state index in [2.05, 4.69) is 23.7 Å². The van der Waals surface area contributed by atoms with Crippen LogP contribution in [0.2, 0.25) is 0 Å². The van der Waals surface area contributed by atoms with E-state index in [0.717, 1.165) is 12.8 Å². The molecule has 0 saturated carbocycles. The Morgan fingerprint density at radius 3 is 2.37 bits per heavy atom. The van der Waals surface area contributed by atoms with E-state index in [4.69, 9.17) is 5.11 Å². The van der Waals surface area contributed by atoms with Crippen molar-refractivity contribution in [2.24, 2.45) is 0 Å². The lowest BCUT2D eigenvalue weighted by atomic mass is 10.1. The summed E-state index contributed by atoms with van der Waals surface area (Å²) in [5.41, 5.74) is 0. The van der Waals surface area contributed by atoms with Gasteiger partial charge in [0.05, 0.1) is 0 Å². The fourth-order valence-electron chi connectivity index (χ4n) is 1.57. The first kappa shape index (κ1) is 17.5. The Bertz CT molecular complexity index is 312. The van der Waals surface area contributed by atoms with E-state index in [1.807, 2.05) is 0 Å². The maximum atomic E-state index is 11.1. The average Bonchev–Trinajstić information content (AvgIpc) is 2.36. The summed E-state index contributed by atoms with van der Waals surface area (Å²) in [5.74, 6) is 1.45. The second-order valence-electron chi connectivity index (χ2n) is 4.52. The van der Waals surface area contributed by atoms with Crippen molar-refractivity contribution in [1.82, 2.24) is 0 Å². The SMILES string of the molecule is CCCCCCCCC#COC(=O)CCCC(=O)O. The molecule has 4 nitrogen and oxygen atoms in total. The lowest BCUT2D eigenvalue weighted by Gasteiger charge is -1.96. The fraction of sp³-hybridized carbons (Fsp3) is 0.733. The van der Waals surface area contributed by atoms with E-state index in [-0.39, 0.29) is 12.8 Å². The number of ether oxygens (including phenoxy) is 1. The van der Waals surface area contributed by atoms with Crippen LogP contribution in [0.4, 0.5) is 0 Å². The van der Waals surface area contributed by atoms with Crippen molar-refractivity contribution in [2.75, 3.05) is 0 Å². The summed E-state index contributed by atoms with van der Waals surface area (Å²) in [7, 11) is 0. The van der Waals surface area contributed by atoms with Crippen molar-refractivity contribution < 1.29 is 19.4 Å². The predicted molar refractivity (Wildman–Crippen MR) is 73.3 cm³/mol. The molecule has 0 fully saturated rings. The maximum Gasteiger partial charge on any atom is 0.319 e. The monoisotopic (exact) mass is 268 g/mol. The molecule has 1 N–H and O–H groups in total. The fourth-order valence-corrected chi connectivity index (χ4v) is 1.57. The van der Waals surface area contributed by atoms with Crippen molar-refractivity contribution in [3.05, 3.63) is 0 Å². The normalized spacial score (nSPS) is 9.53. The minimum atomic E-state index is -0.901. The van der Waals surface area contributed by atoms with Gasteiger partial charge in [0.15, 0.2) is 0 Å². The van der Waals surface area contributed by atoms with Crippen LogP contribution in [0.15, 0.2) is 0 Å². The molecule has 0 saturated heterocycles. The number of unbranched alkanes of at least 4 members (excludes halogenated alkanes) is 6. The lowest BCUT2D eigenvalue weighted by molar-refractivity contribution is -0.138. The zero-order valence-electron chi connectivity index (χ0n) is 11.7. The van der Waals surface area contributed by atoms with Crippen LogP contribution < -0.4 is 0 Å². The molecule has 0 aromatic rings. The van der Waals surface area contributed by atoms with Gasteiger partial charge in [0.1, 0.15) is 6.11 Å². The first-order chi connectivity index (χ1) is 9.16. The molecule has 0 atom stereocenters. The average molecular weight is 268 g/mol. The number of aliphatic carboxylic acids is 1. The molecule has 108 valence electrons. The zero-order chi connectivity index (χ0) is 14.3. The number of hydrogen-bond acceptors (Lipinski definition) is 3. The van der Waals surface area contributed by atoms with Crippen molar-refractivity contribution in [2.45, 2.75) is 71.1 Å². The van der Waals surface area contributed by atoms with E-state index in [0.29, 0.717) is 6.42 Å². The van der Waals surface area contributed by atoms with Gasteiger partial charge in [-0.1, -0.05) is 44.9 Å². The van der Waals surface area contributed by atoms with Crippen molar-refractivity contribution in [3.63, 3.8) is 0 Å². The van der Waals surface area contributed by atoms with Gasteiger partial charge in [-0.2, -0.15) is 0 Å². The van der Waals surface area contributed by atoms with Crippen LogP contribution >= 0.6 is 0 Å². The largest absolute Gasteiger partial charge is 0.481 e. The van der Waals surface area contributed by atoms with Gasteiger partial charge in [-0.25, -0.2) is 0 Å². The van der Waals surface area contributed by atoms with E-state index in [1.54, 1.807) is 0 Å². The number of carbonyl (C=O) groups is 2. The third-order valence-corrected chi connectivity index (χ3v) is 2.66. The summed E-state index contributed by atoms with van der Waals surface area (Å²) in [6.07, 6.45) is 10.8. The molecule has 0 heterocycles. The number of carboxylic acids is 1. The highest BCUT2D eigenvalue weighted by molar-refractivity contribution is 5.72. The van der Waals surface area contributed by atoms with E-state index in [9.17, 15) is 9.59 Å². The van der Waals surface area contributed by atoms with E-state index < -0.39 is 11.9 Å². The van der Waals surface area contributed by atoms with Crippen molar-refractivity contribution in [3.8, 4) is 12.0 Å². The molecule has 0 spiro atoms. The Kier molecular flexibility index (Phi) is 11.9. The Labute approximate surface area is 115 Å². The Morgan fingerprint density at radius 1 is 1.00 bits per heavy atom. The molecule has 0 radical (unpaired) electrons. The first-order valence-corrected chi connectivity index (χ1v) is 7.06. The molecule has 0 amide bonds. The zero-order valence-corrected chi connectivity index (χ0v) is 11.7. The molecule has 0 aromatic carbocycles. The standard InChI is InChI=1S/C15H24O4/c1-2-3-4-5-6-7-8-9-13-19-15(18)12-10-11-14(16)17/h2-8,10-12H2,1H3,(H,16,17). The van der Waals surface area contributed by atoms with Gasteiger partial charge in [0.2, 0.25) is 0 Å². The van der Waals surface area contributed by atoms with Crippen molar-refractivity contribution in [1.29, 1.82) is 0 Å². The summed E-state index contributed by atoms with van der Waals surface area (Å²) in [4.78, 5) is 21.3. The van der Waals surface area contributed by atoms with Gasteiger partial charge in [-0.15, -0.1) is 0 Å². The van der Waals surface area contributed by atoms with Crippen molar-refractivity contribution >= 4 is 11.9 Å². The Hall–Kier alpha value is -1.50. The Balaban J connectivity index is 3.38. The minimum Gasteiger partial charge on any atom is -0.481 e. The van der Waals surface area contributed by atoms with Crippen LogP contribution in [-0.2, 0) is 14.3 Å². The number of hydrogen-bond donors (Lipinski definition) is 1. The quantitative estimate of drug-likeness (QED) is 0.374. The second-order valence-corrected chi connectivity index (χ2v) is 4.52. The van der Waals surface area contributed by atoms with E-state index >= 15 is 0 Å². The van der Waals surface area contributed by atoms with Gasteiger partial charge in [0.25, 0.3) is 0 Å². The van der Waals surface area contributed by atoms with Crippen LogP contribution in [-0.4, -0.2) is 17.0 Å². The maximum absolute atomic E-state index is 11.1. The van der Waals surface area contributed by atoms with Gasteiger partial charge in [-0.3, -0.25) is 9.59 Å². The molecular formula is C15H24O4. The van der Waals surface area contributed by atoms with Crippen LogP contribution in [0.1, 0.15) is 71.1 Å². The lowest BCUT2D eigenvalue weighted by Crippen LogP contribution is -2.02. The number of rotatable bonds is 10. The van der Waals surface area contributed by atoms with Crippen LogP contribution in [0, 0.1) is 12.0 Å². The summed E-state index contributed by atoms with van der Waals surface area (Å²) >= 11 is 0. The topological polar surface area (TPSA) is 63.6 Å². The summed E-state index contributed by atoms with van der Waals surface area (Å²) in [6.45, 7) is 2.19. The van der Waals surface area contributed by atoms with Gasteiger partial charge < -0.3 is 9.84 Å². The molecule has 0 aromatic heterocycles. The highest BCUT2D eigenvalue weighted by Gasteiger charge is 2.03. The third kappa shape index (κ3) is 14.4. The molecule has 0 aliphatic heterocycles. The molecule has 0 aliphatic carbocycles. The molecule has 4 heteroatoms. The smallest absolute Gasteiger partial charge is 0.319 e. The van der Waals surface area contributed by atoms with Crippen LogP contribution in [0.5, 0.6) is 0 Å². The highest BCUT2D eigenvalue weighted by atomic mass is 16.5. The molecular weight excluding hydrogens is 244 g/mol. The third-order valence-electron chi connectivity index (χ3n) is 2.66. The molecule has 0 rings (SSSR count). The van der Waals surface area contributed by atoms with Crippen LogP contribution in [0.25, 0.3) is 0 Å². The van der Waals surface area contributed by atoms with Gasteiger partial charge in [-0.05, 0) is 12.8 Å². The first-order valence-electron chi connectivity index (χ1n) is 7.06. The summed E-state index contributed by atoms with van der Waals surface area (Å²) in [6, 6.07) is 0.